The number of benzene rings is 1. The van der Waals surface area contributed by atoms with Gasteiger partial charge in [0, 0.05) is 23.6 Å². The predicted molar refractivity (Wildman–Crippen MR) is 60.9 cm³/mol. The molecule has 0 heterocycles. The smallest absolute Gasteiger partial charge is 0.139 e. The highest BCUT2D eigenvalue weighted by Crippen LogP contribution is 2.38. The molecule has 0 aliphatic heterocycles. The number of nitrogens with two attached hydrogens (primary N) is 1. The van der Waals surface area contributed by atoms with Crippen LogP contribution in [-0.2, 0) is 0 Å². The van der Waals surface area contributed by atoms with Crippen molar-refractivity contribution in [2.24, 2.45) is 11.1 Å². The van der Waals surface area contributed by atoms with E-state index in [1.54, 1.807) is 13.8 Å². The van der Waals surface area contributed by atoms with Gasteiger partial charge >= 0.3 is 0 Å². The molecule has 1 atom stereocenters. The van der Waals surface area contributed by atoms with Gasteiger partial charge in [0.25, 0.3) is 0 Å². The highest BCUT2D eigenvalue weighted by molar-refractivity contribution is 6.32. The van der Waals surface area contributed by atoms with E-state index in [2.05, 4.69) is 0 Å². The van der Waals surface area contributed by atoms with Crippen molar-refractivity contribution < 1.29 is 14.6 Å². The number of rotatable bonds is 3. The normalized spacial score (nSPS) is 13.9. The molecular formula is C11H15ClFNO2. The Morgan fingerprint density at radius 1 is 1.50 bits per heavy atom. The first-order valence-electron chi connectivity index (χ1n) is 4.84. The highest BCUT2D eigenvalue weighted by Gasteiger charge is 2.30. The summed E-state index contributed by atoms with van der Waals surface area (Å²) in [7, 11) is 0. The minimum atomic E-state index is -0.703. The highest BCUT2D eigenvalue weighted by atomic mass is 35.5. The van der Waals surface area contributed by atoms with Crippen LogP contribution in [0.3, 0.4) is 0 Å². The molecule has 1 aromatic rings. The third kappa shape index (κ3) is 2.45. The van der Waals surface area contributed by atoms with Crippen molar-refractivity contribution >= 4 is 11.6 Å². The average molecular weight is 248 g/mol. The zero-order valence-electron chi connectivity index (χ0n) is 9.17. The molecule has 3 nitrogen and oxygen atoms in total. The molecule has 16 heavy (non-hydrogen) atoms. The molecule has 0 spiro atoms. The van der Waals surface area contributed by atoms with Gasteiger partial charge in [0.2, 0.25) is 0 Å². The van der Waals surface area contributed by atoms with Crippen molar-refractivity contribution in [1.29, 1.82) is 0 Å². The van der Waals surface area contributed by atoms with Crippen LogP contribution < -0.4 is 5.73 Å². The van der Waals surface area contributed by atoms with E-state index in [-0.39, 0.29) is 22.9 Å². The largest absolute Gasteiger partial charge is 0.506 e. The van der Waals surface area contributed by atoms with Gasteiger partial charge in [-0.2, -0.15) is 0 Å². The van der Waals surface area contributed by atoms with Crippen molar-refractivity contribution in [2.75, 3.05) is 6.61 Å². The lowest BCUT2D eigenvalue weighted by Crippen LogP contribution is -2.32. The Kier molecular flexibility index (Phi) is 3.78. The summed E-state index contributed by atoms with van der Waals surface area (Å²) < 4.78 is 13.1. The van der Waals surface area contributed by atoms with E-state index in [4.69, 9.17) is 22.4 Å². The molecule has 90 valence electrons. The Morgan fingerprint density at radius 2 is 2.06 bits per heavy atom. The maximum absolute atomic E-state index is 13.1. The predicted octanol–water partition coefficient (Wildman–Crippen LogP) is 2.20. The zero-order valence-corrected chi connectivity index (χ0v) is 9.92. The molecule has 0 bridgehead atoms. The first-order valence-corrected chi connectivity index (χ1v) is 5.21. The SMILES string of the molecule is CC(C)(CO)[C@H](N)c1cc(F)cc(Cl)c1O. The van der Waals surface area contributed by atoms with Gasteiger partial charge in [0.1, 0.15) is 11.6 Å². The summed E-state index contributed by atoms with van der Waals surface area (Å²) in [5, 5.41) is 18.8. The fourth-order valence-electron chi connectivity index (χ4n) is 1.34. The van der Waals surface area contributed by atoms with E-state index in [0.717, 1.165) is 12.1 Å². The molecule has 5 heteroatoms. The van der Waals surface area contributed by atoms with Crippen molar-refractivity contribution in [3.63, 3.8) is 0 Å². The number of aliphatic hydroxyl groups excluding tert-OH is 1. The van der Waals surface area contributed by atoms with E-state index in [1.165, 1.54) is 0 Å². The van der Waals surface area contributed by atoms with Crippen molar-refractivity contribution in [3.05, 3.63) is 28.5 Å². The number of phenols is 1. The molecule has 0 saturated heterocycles. The zero-order chi connectivity index (χ0) is 12.5. The number of aliphatic hydroxyl groups is 1. The second-order valence-corrected chi connectivity index (χ2v) is 4.86. The quantitative estimate of drug-likeness (QED) is 0.767. The number of aromatic hydroxyl groups is 1. The van der Waals surface area contributed by atoms with Gasteiger partial charge in [-0.25, -0.2) is 4.39 Å². The fourth-order valence-corrected chi connectivity index (χ4v) is 1.56. The topological polar surface area (TPSA) is 66.5 Å². The van der Waals surface area contributed by atoms with Gasteiger partial charge in [-0.1, -0.05) is 25.4 Å². The Bertz CT molecular complexity index is 396. The molecule has 0 aliphatic carbocycles. The van der Waals surface area contributed by atoms with Crippen LogP contribution in [0.2, 0.25) is 5.02 Å². The Hall–Kier alpha value is -0.840. The second kappa shape index (κ2) is 4.57. The van der Waals surface area contributed by atoms with E-state index in [0.29, 0.717) is 0 Å². The van der Waals surface area contributed by atoms with Crippen LogP contribution in [0.1, 0.15) is 25.5 Å². The monoisotopic (exact) mass is 247 g/mol. The summed E-state index contributed by atoms with van der Waals surface area (Å²) in [5.74, 6) is -0.806. The Balaban J connectivity index is 3.23. The third-order valence-electron chi connectivity index (χ3n) is 2.64. The second-order valence-electron chi connectivity index (χ2n) is 4.45. The molecule has 0 amide bonds. The summed E-state index contributed by atoms with van der Waals surface area (Å²) in [4.78, 5) is 0. The molecule has 0 aromatic heterocycles. The fraction of sp³-hybridized carbons (Fsp3) is 0.455. The van der Waals surface area contributed by atoms with E-state index in [1.807, 2.05) is 0 Å². The molecule has 1 rings (SSSR count). The third-order valence-corrected chi connectivity index (χ3v) is 2.93. The summed E-state index contributed by atoms with van der Waals surface area (Å²) in [6, 6.07) is 1.44. The number of hydrogen-bond donors (Lipinski definition) is 3. The Morgan fingerprint density at radius 3 is 2.56 bits per heavy atom. The first-order chi connectivity index (χ1) is 7.29. The van der Waals surface area contributed by atoms with E-state index >= 15 is 0 Å². The minimum Gasteiger partial charge on any atom is -0.506 e. The lowest BCUT2D eigenvalue weighted by Gasteiger charge is -2.30. The van der Waals surface area contributed by atoms with Crippen LogP contribution in [0, 0.1) is 11.2 Å². The molecule has 0 radical (unpaired) electrons. The number of phenolic OH excluding ortho intramolecular Hbond substituents is 1. The molecule has 4 N–H and O–H groups in total. The van der Waals surface area contributed by atoms with Crippen LogP contribution >= 0.6 is 11.6 Å². The lowest BCUT2D eigenvalue weighted by atomic mass is 9.81. The molecule has 0 saturated carbocycles. The van der Waals surface area contributed by atoms with Crippen LogP contribution in [0.25, 0.3) is 0 Å². The molecule has 0 unspecified atom stereocenters. The molecule has 0 aliphatic rings. The van der Waals surface area contributed by atoms with Crippen LogP contribution in [0.5, 0.6) is 5.75 Å². The minimum absolute atomic E-state index is 0.0841. The van der Waals surface area contributed by atoms with Crippen molar-refractivity contribution in [1.82, 2.24) is 0 Å². The van der Waals surface area contributed by atoms with E-state index < -0.39 is 17.3 Å². The maximum Gasteiger partial charge on any atom is 0.139 e. The Labute approximate surface area is 98.7 Å². The van der Waals surface area contributed by atoms with Crippen LogP contribution in [0.4, 0.5) is 4.39 Å². The first kappa shape index (κ1) is 13.2. The molecule has 0 fully saturated rings. The van der Waals surface area contributed by atoms with Crippen LogP contribution in [-0.4, -0.2) is 16.8 Å². The van der Waals surface area contributed by atoms with Crippen molar-refractivity contribution in [3.8, 4) is 5.75 Å². The van der Waals surface area contributed by atoms with Gasteiger partial charge in [0.15, 0.2) is 0 Å². The number of hydrogen-bond acceptors (Lipinski definition) is 3. The van der Waals surface area contributed by atoms with Gasteiger partial charge in [-0.05, 0) is 12.1 Å². The van der Waals surface area contributed by atoms with Gasteiger partial charge in [-0.3, -0.25) is 0 Å². The van der Waals surface area contributed by atoms with E-state index in [9.17, 15) is 9.50 Å². The van der Waals surface area contributed by atoms with Crippen LogP contribution in [0.15, 0.2) is 12.1 Å². The maximum atomic E-state index is 13.1. The van der Waals surface area contributed by atoms with Gasteiger partial charge in [0.05, 0.1) is 5.02 Å². The summed E-state index contributed by atoms with van der Waals surface area (Å²) in [5.41, 5.74) is 5.40. The lowest BCUT2D eigenvalue weighted by molar-refractivity contribution is 0.131. The van der Waals surface area contributed by atoms with Crippen molar-refractivity contribution in [2.45, 2.75) is 19.9 Å². The summed E-state index contributed by atoms with van der Waals surface area (Å²) >= 11 is 5.65. The van der Waals surface area contributed by atoms with Gasteiger partial charge in [-0.15, -0.1) is 0 Å². The molecule has 1 aromatic carbocycles. The van der Waals surface area contributed by atoms with Gasteiger partial charge < -0.3 is 15.9 Å². The summed E-state index contributed by atoms with van der Waals surface area (Å²) in [6.45, 7) is 3.26. The average Bonchev–Trinajstić information content (AvgIpc) is 2.22. The standard InChI is InChI=1S/C11H15ClFNO2/c1-11(2,5-15)10(14)7-3-6(13)4-8(12)9(7)16/h3-4,10,15-16H,5,14H2,1-2H3/t10-/m1/s1. The molecular weight excluding hydrogens is 233 g/mol. The number of halogens is 2. The summed E-state index contributed by atoms with van der Waals surface area (Å²) in [6.07, 6.45) is 0.